The first-order valence-corrected chi connectivity index (χ1v) is 9.39. The standard InChI is InChI=1S/C21H19N5O4/c1-2-26-17-8-7-12(9-16(17)23-20(29)21(26)30)19(28)25-24-18(27)10-13-11-22-15-6-4-3-5-14(13)15/h3-9,11,22H,2,10H2,1H3,(H,23,29)(H,24,27)(H,25,28). The van der Waals surface area contributed by atoms with E-state index in [9.17, 15) is 19.2 Å². The van der Waals surface area contributed by atoms with E-state index in [1.54, 1.807) is 19.2 Å². The molecule has 0 atom stereocenters. The molecule has 0 unspecified atom stereocenters. The Morgan fingerprint density at radius 2 is 1.83 bits per heavy atom. The van der Waals surface area contributed by atoms with Crippen LogP contribution in [0.1, 0.15) is 22.8 Å². The maximum absolute atomic E-state index is 12.4. The van der Waals surface area contributed by atoms with Gasteiger partial charge in [0.2, 0.25) is 5.91 Å². The van der Waals surface area contributed by atoms with E-state index in [4.69, 9.17) is 0 Å². The van der Waals surface area contributed by atoms with Gasteiger partial charge in [0, 0.05) is 29.2 Å². The number of carbonyl (C=O) groups is 2. The van der Waals surface area contributed by atoms with Crippen LogP contribution in [0.2, 0.25) is 0 Å². The largest absolute Gasteiger partial charge is 0.361 e. The summed E-state index contributed by atoms with van der Waals surface area (Å²) in [5.41, 5.74) is 6.22. The van der Waals surface area contributed by atoms with Crippen LogP contribution >= 0.6 is 0 Å². The van der Waals surface area contributed by atoms with Gasteiger partial charge in [-0.3, -0.25) is 30.0 Å². The number of fused-ring (bicyclic) bond motifs is 2. The number of hydrogen-bond acceptors (Lipinski definition) is 4. The molecule has 2 heterocycles. The molecule has 2 aromatic carbocycles. The zero-order valence-electron chi connectivity index (χ0n) is 16.1. The molecule has 0 aliphatic rings. The van der Waals surface area contributed by atoms with E-state index in [0.29, 0.717) is 17.6 Å². The van der Waals surface area contributed by atoms with Crippen molar-refractivity contribution in [3.63, 3.8) is 0 Å². The number of nitrogens with one attached hydrogen (secondary N) is 4. The highest BCUT2D eigenvalue weighted by atomic mass is 16.2. The summed E-state index contributed by atoms with van der Waals surface area (Å²) in [5.74, 6) is -0.915. The molecular weight excluding hydrogens is 386 g/mol. The SMILES string of the molecule is CCn1c(=O)c(=O)[nH]c2cc(C(=O)NNC(=O)Cc3c[nH]c4ccccc34)ccc21. The summed E-state index contributed by atoms with van der Waals surface area (Å²) in [4.78, 5) is 54.0. The molecule has 2 aromatic heterocycles. The summed E-state index contributed by atoms with van der Waals surface area (Å²) in [5, 5.41) is 0.944. The van der Waals surface area contributed by atoms with Crippen LogP contribution in [0.15, 0.2) is 58.3 Å². The average molecular weight is 405 g/mol. The lowest BCUT2D eigenvalue weighted by atomic mass is 10.1. The monoisotopic (exact) mass is 405 g/mol. The average Bonchev–Trinajstić information content (AvgIpc) is 3.15. The normalized spacial score (nSPS) is 11.0. The van der Waals surface area contributed by atoms with Gasteiger partial charge in [-0.05, 0) is 36.8 Å². The quantitative estimate of drug-likeness (QED) is 0.300. The van der Waals surface area contributed by atoms with Crippen molar-refractivity contribution in [2.45, 2.75) is 19.9 Å². The Kier molecular flexibility index (Phi) is 4.93. The van der Waals surface area contributed by atoms with Gasteiger partial charge in [0.15, 0.2) is 0 Å². The van der Waals surface area contributed by atoms with E-state index in [0.717, 1.165) is 16.5 Å². The number of para-hydroxylation sites is 1. The van der Waals surface area contributed by atoms with E-state index in [-0.39, 0.29) is 17.9 Å². The number of amides is 2. The fourth-order valence-corrected chi connectivity index (χ4v) is 3.43. The molecule has 4 aromatic rings. The van der Waals surface area contributed by atoms with Gasteiger partial charge in [0.05, 0.1) is 17.5 Å². The minimum Gasteiger partial charge on any atom is -0.361 e. The van der Waals surface area contributed by atoms with Crippen LogP contribution in [-0.4, -0.2) is 26.3 Å². The molecule has 0 radical (unpaired) electrons. The van der Waals surface area contributed by atoms with Gasteiger partial charge >= 0.3 is 11.1 Å². The van der Waals surface area contributed by atoms with Gasteiger partial charge in [0.25, 0.3) is 5.91 Å². The maximum atomic E-state index is 12.4. The number of aromatic nitrogens is 3. The first-order chi connectivity index (χ1) is 14.5. The lowest BCUT2D eigenvalue weighted by molar-refractivity contribution is -0.121. The van der Waals surface area contributed by atoms with Crippen molar-refractivity contribution in [1.29, 1.82) is 0 Å². The molecule has 0 aliphatic carbocycles. The number of aryl methyl sites for hydroxylation is 1. The Morgan fingerprint density at radius 3 is 2.63 bits per heavy atom. The third kappa shape index (κ3) is 3.48. The van der Waals surface area contributed by atoms with Crippen LogP contribution in [0.4, 0.5) is 0 Å². The summed E-state index contributed by atoms with van der Waals surface area (Å²) >= 11 is 0. The van der Waals surface area contributed by atoms with Gasteiger partial charge in [-0.25, -0.2) is 0 Å². The fraction of sp³-hybridized carbons (Fsp3) is 0.143. The molecule has 152 valence electrons. The third-order valence-electron chi connectivity index (χ3n) is 4.89. The van der Waals surface area contributed by atoms with Crippen molar-refractivity contribution >= 4 is 33.8 Å². The molecule has 0 bridgehead atoms. The van der Waals surface area contributed by atoms with Gasteiger partial charge < -0.3 is 14.5 Å². The topological polar surface area (TPSA) is 129 Å². The van der Waals surface area contributed by atoms with Crippen LogP contribution < -0.4 is 22.0 Å². The molecule has 0 aliphatic heterocycles. The van der Waals surface area contributed by atoms with Crippen molar-refractivity contribution in [3.8, 4) is 0 Å². The Hall–Kier alpha value is -4.14. The molecule has 4 N–H and O–H groups in total. The number of hydrogen-bond donors (Lipinski definition) is 4. The smallest absolute Gasteiger partial charge is 0.316 e. The number of rotatable bonds is 4. The second kappa shape index (κ2) is 7.70. The zero-order valence-corrected chi connectivity index (χ0v) is 16.1. The van der Waals surface area contributed by atoms with Gasteiger partial charge in [-0.15, -0.1) is 0 Å². The summed E-state index contributed by atoms with van der Waals surface area (Å²) in [6.07, 6.45) is 1.86. The van der Waals surface area contributed by atoms with Crippen molar-refractivity contribution in [1.82, 2.24) is 25.4 Å². The molecule has 2 amide bonds. The predicted molar refractivity (Wildman–Crippen MR) is 112 cm³/mol. The van der Waals surface area contributed by atoms with Crippen LogP contribution in [0.5, 0.6) is 0 Å². The highest BCUT2D eigenvalue weighted by Crippen LogP contribution is 2.18. The molecule has 4 rings (SSSR count). The number of aromatic amines is 2. The maximum Gasteiger partial charge on any atom is 0.316 e. The van der Waals surface area contributed by atoms with Crippen LogP contribution in [0.25, 0.3) is 21.9 Å². The van der Waals surface area contributed by atoms with Crippen molar-refractivity contribution < 1.29 is 9.59 Å². The van der Waals surface area contributed by atoms with E-state index in [1.165, 1.54) is 16.7 Å². The summed E-state index contributed by atoms with van der Waals surface area (Å²) in [6, 6.07) is 12.2. The lowest BCUT2D eigenvalue weighted by Gasteiger charge is -2.10. The Balaban J connectivity index is 1.48. The van der Waals surface area contributed by atoms with E-state index in [2.05, 4.69) is 20.8 Å². The fourth-order valence-electron chi connectivity index (χ4n) is 3.43. The van der Waals surface area contributed by atoms with E-state index < -0.39 is 17.0 Å². The second-order valence-electron chi connectivity index (χ2n) is 6.77. The third-order valence-corrected chi connectivity index (χ3v) is 4.89. The Morgan fingerprint density at radius 1 is 1.03 bits per heavy atom. The summed E-state index contributed by atoms with van der Waals surface area (Å²) < 4.78 is 1.33. The van der Waals surface area contributed by atoms with Crippen LogP contribution in [-0.2, 0) is 17.8 Å². The van der Waals surface area contributed by atoms with Crippen molar-refractivity contribution in [2.75, 3.05) is 0 Å². The van der Waals surface area contributed by atoms with Crippen LogP contribution in [0, 0.1) is 0 Å². The van der Waals surface area contributed by atoms with Gasteiger partial charge in [-0.1, -0.05) is 18.2 Å². The van der Waals surface area contributed by atoms with E-state index >= 15 is 0 Å². The number of carbonyl (C=O) groups excluding carboxylic acids is 2. The highest BCUT2D eigenvalue weighted by Gasteiger charge is 2.13. The summed E-state index contributed by atoms with van der Waals surface area (Å²) in [7, 11) is 0. The molecule has 0 fully saturated rings. The molecule has 9 nitrogen and oxygen atoms in total. The molecule has 9 heteroatoms. The number of nitrogens with zero attached hydrogens (tertiary/aromatic N) is 1. The van der Waals surface area contributed by atoms with Crippen LogP contribution in [0.3, 0.4) is 0 Å². The van der Waals surface area contributed by atoms with Crippen molar-refractivity contribution in [3.05, 3.63) is 80.5 Å². The molecule has 0 saturated heterocycles. The first kappa shape index (κ1) is 19.2. The first-order valence-electron chi connectivity index (χ1n) is 9.39. The molecule has 30 heavy (non-hydrogen) atoms. The molecule has 0 spiro atoms. The van der Waals surface area contributed by atoms with Gasteiger partial charge in [-0.2, -0.15) is 0 Å². The van der Waals surface area contributed by atoms with Gasteiger partial charge in [0.1, 0.15) is 0 Å². The molecular formula is C21H19N5O4. The minimum atomic E-state index is -0.756. The Labute approximate surface area is 169 Å². The number of hydrazine groups is 1. The summed E-state index contributed by atoms with van der Waals surface area (Å²) in [6.45, 7) is 2.08. The Bertz CT molecular complexity index is 1400. The lowest BCUT2D eigenvalue weighted by Crippen LogP contribution is -2.42. The van der Waals surface area contributed by atoms with Crippen molar-refractivity contribution in [2.24, 2.45) is 0 Å². The number of benzene rings is 2. The molecule has 0 saturated carbocycles. The number of H-pyrrole nitrogens is 2. The second-order valence-corrected chi connectivity index (χ2v) is 6.77. The predicted octanol–water partition coefficient (Wildman–Crippen LogP) is 1.19. The van der Waals surface area contributed by atoms with E-state index in [1.807, 2.05) is 24.3 Å². The highest BCUT2D eigenvalue weighted by molar-refractivity contribution is 5.98. The zero-order chi connectivity index (χ0) is 21.3. The minimum absolute atomic E-state index is 0.0953.